The Morgan fingerprint density at radius 1 is 1.10 bits per heavy atom. The maximum atomic E-state index is 5.97. The predicted octanol–water partition coefficient (Wildman–Crippen LogP) is 4.32. The number of imidazole rings is 1. The third-order valence-corrected chi connectivity index (χ3v) is 4.99. The molecular formula is C23H26N6O. The average Bonchev–Trinajstić information content (AvgIpc) is 3.19. The molecule has 30 heavy (non-hydrogen) atoms. The molecule has 154 valence electrons. The third kappa shape index (κ3) is 4.05. The summed E-state index contributed by atoms with van der Waals surface area (Å²) in [6.45, 7) is 4.95. The molecule has 0 saturated heterocycles. The fourth-order valence-electron chi connectivity index (χ4n) is 3.34. The number of hydrogen-bond acceptors (Lipinski definition) is 6. The molecule has 2 aromatic carbocycles. The Hall–Kier alpha value is -3.61. The van der Waals surface area contributed by atoms with Gasteiger partial charge in [0.2, 0.25) is 0 Å². The molecule has 4 rings (SSSR count). The minimum atomic E-state index is 0.241. The number of rotatable bonds is 7. The second kappa shape index (κ2) is 8.41. The third-order valence-electron chi connectivity index (χ3n) is 4.99. The van der Waals surface area contributed by atoms with E-state index in [9.17, 15) is 0 Å². The van der Waals surface area contributed by atoms with Crippen molar-refractivity contribution >= 4 is 22.7 Å². The Balaban J connectivity index is 1.65. The van der Waals surface area contributed by atoms with Gasteiger partial charge in [-0.3, -0.25) is 0 Å². The van der Waals surface area contributed by atoms with Gasteiger partial charge < -0.3 is 20.4 Å². The molecule has 0 aliphatic heterocycles. The highest BCUT2D eigenvalue weighted by atomic mass is 16.5. The van der Waals surface area contributed by atoms with Crippen LogP contribution in [0.1, 0.15) is 25.5 Å². The number of anilines is 2. The number of nitrogens with two attached hydrogens (primary N) is 1. The summed E-state index contributed by atoms with van der Waals surface area (Å²) in [5, 5.41) is 3.45. The van der Waals surface area contributed by atoms with Crippen molar-refractivity contribution in [1.82, 2.24) is 19.5 Å². The molecule has 0 atom stereocenters. The smallest absolute Gasteiger partial charge is 0.166 e. The average molecular weight is 403 g/mol. The van der Waals surface area contributed by atoms with Gasteiger partial charge in [0.05, 0.1) is 13.4 Å². The first kappa shape index (κ1) is 19.7. The van der Waals surface area contributed by atoms with Crippen LogP contribution in [-0.4, -0.2) is 33.2 Å². The van der Waals surface area contributed by atoms with Crippen LogP contribution in [0, 0.1) is 0 Å². The molecule has 0 fully saturated rings. The van der Waals surface area contributed by atoms with E-state index in [4.69, 9.17) is 20.4 Å². The van der Waals surface area contributed by atoms with Crippen LogP contribution >= 0.6 is 0 Å². The van der Waals surface area contributed by atoms with Gasteiger partial charge in [-0.2, -0.15) is 0 Å². The predicted molar refractivity (Wildman–Crippen MR) is 121 cm³/mol. The Labute approximate surface area is 175 Å². The summed E-state index contributed by atoms with van der Waals surface area (Å²) in [4.78, 5) is 14.1. The zero-order valence-corrected chi connectivity index (χ0v) is 17.5. The summed E-state index contributed by atoms with van der Waals surface area (Å²) in [7, 11) is 1.67. The fraction of sp³-hybridized carbons (Fsp3) is 0.261. The van der Waals surface area contributed by atoms with E-state index >= 15 is 0 Å². The molecule has 7 heteroatoms. The highest BCUT2D eigenvalue weighted by Crippen LogP contribution is 2.26. The van der Waals surface area contributed by atoms with E-state index < -0.39 is 0 Å². The topological polar surface area (TPSA) is 90.9 Å². The Morgan fingerprint density at radius 2 is 1.90 bits per heavy atom. The standard InChI is InChI=1S/C23H26N6O/c1-15(2)29-14-26-20-22(25-12-11-16-7-9-19(30-3)10-8-16)27-21(28-23(20)29)17-5-4-6-18(24)13-17/h4-10,13-15H,11-12,24H2,1-3H3,(H,25,27,28). The van der Waals surface area contributed by atoms with Crippen LogP contribution < -0.4 is 15.8 Å². The zero-order chi connectivity index (χ0) is 21.1. The summed E-state index contributed by atoms with van der Waals surface area (Å²) >= 11 is 0. The number of ether oxygens (including phenoxy) is 1. The first-order valence-corrected chi connectivity index (χ1v) is 10.0. The SMILES string of the molecule is COc1ccc(CCNc2nc(-c3cccc(N)c3)nc3c2ncn3C(C)C)cc1. The van der Waals surface area contributed by atoms with Crippen molar-refractivity contribution in [3.63, 3.8) is 0 Å². The van der Waals surface area contributed by atoms with Crippen molar-refractivity contribution in [2.24, 2.45) is 0 Å². The van der Waals surface area contributed by atoms with E-state index in [1.54, 1.807) is 7.11 Å². The number of methoxy groups -OCH3 is 1. The number of nitrogen functional groups attached to an aromatic ring is 1. The van der Waals surface area contributed by atoms with Crippen molar-refractivity contribution in [2.45, 2.75) is 26.3 Å². The number of fused-ring (bicyclic) bond motifs is 1. The quantitative estimate of drug-likeness (QED) is 0.447. The van der Waals surface area contributed by atoms with Crippen LogP contribution in [0.5, 0.6) is 5.75 Å². The molecular weight excluding hydrogens is 376 g/mol. The lowest BCUT2D eigenvalue weighted by molar-refractivity contribution is 0.414. The summed E-state index contributed by atoms with van der Waals surface area (Å²) in [6, 6.07) is 16.0. The van der Waals surface area contributed by atoms with Gasteiger partial charge >= 0.3 is 0 Å². The van der Waals surface area contributed by atoms with Gasteiger partial charge in [0.25, 0.3) is 0 Å². The monoisotopic (exact) mass is 402 g/mol. The molecule has 0 aliphatic rings. The van der Waals surface area contributed by atoms with Gasteiger partial charge in [-0.15, -0.1) is 0 Å². The van der Waals surface area contributed by atoms with E-state index in [0.717, 1.165) is 41.3 Å². The van der Waals surface area contributed by atoms with Crippen molar-refractivity contribution < 1.29 is 4.74 Å². The number of nitrogens with one attached hydrogen (secondary N) is 1. The van der Waals surface area contributed by atoms with Gasteiger partial charge in [-0.05, 0) is 50.1 Å². The molecule has 0 radical (unpaired) electrons. The molecule has 0 unspecified atom stereocenters. The van der Waals surface area contributed by atoms with E-state index in [1.807, 2.05) is 42.7 Å². The minimum absolute atomic E-state index is 0.241. The molecule has 4 aromatic rings. The number of aromatic nitrogens is 4. The molecule has 3 N–H and O–H groups in total. The van der Waals surface area contributed by atoms with Crippen LogP contribution in [0.4, 0.5) is 11.5 Å². The number of benzene rings is 2. The van der Waals surface area contributed by atoms with Gasteiger partial charge in [-0.25, -0.2) is 15.0 Å². The van der Waals surface area contributed by atoms with E-state index in [2.05, 4.69) is 40.8 Å². The molecule has 0 bridgehead atoms. The fourth-order valence-corrected chi connectivity index (χ4v) is 3.34. The maximum Gasteiger partial charge on any atom is 0.166 e. The summed E-state index contributed by atoms with van der Waals surface area (Å²) in [5.74, 6) is 2.21. The summed E-state index contributed by atoms with van der Waals surface area (Å²) < 4.78 is 7.28. The second-order valence-electron chi connectivity index (χ2n) is 7.46. The van der Waals surface area contributed by atoms with Gasteiger partial charge in [0.15, 0.2) is 17.3 Å². The first-order chi connectivity index (χ1) is 14.5. The Bertz CT molecular complexity index is 1150. The maximum absolute atomic E-state index is 5.97. The van der Waals surface area contributed by atoms with Gasteiger partial charge in [0.1, 0.15) is 11.3 Å². The normalized spacial score (nSPS) is 11.2. The van der Waals surface area contributed by atoms with Crippen molar-refractivity contribution in [3.8, 4) is 17.1 Å². The van der Waals surface area contributed by atoms with Crippen LogP contribution in [0.2, 0.25) is 0 Å². The lowest BCUT2D eigenvalue weighted by Gasteiger charge is -2.12. The summed E-state index contributed by atoms with van der Waals surface area (Å²) in [6.07, 6.45) is 2.68. The zero-order valence-electron chi connectivity index (χ0n) is 17.5. The largest absolute Gasteiger partial charge is 0.497 e. The molecule has 0 spiro atoms. The van der Waals surface area contributed by atoms with Gasteiger partial charge in [0, 0.05) is 23.8 Å². The molecule has 0 aliphatic carbocycles. The van der Waals surface area contributed by atoms with Crippen molar-refractivity contribution in [1.29, 1.82) is 0 Å². The highest BCUT2D eigenvalue weighted by molar-refractivity contribution is 5.85. The summed E-state index contributed by atoms with van der Waals surface area (Å²) in [5.41, 5.74) is 10.3. The molecule has 0 amide bonds. The number of nitrogens with zero attached hydrogens (tertiary/aromatic N) is 4. The first-order valence-electron chi connectivity index (χ1n) is 10.0. The van der Waals surface area contributed by atoms with Crippen LogP contribution in [0.25, 0.3) is 22.6 Å². The molecule has 0 saturated carbocycles. The van der Waals surface area contributed by atoms with E-state index in [0.29, 0.717) is 11.5 Å². The van der Waals surface area contributed by atoms with E-state index in [-0.39, 0.29) is 6.04 Å². The molecule has 7 nitrogen and oxygen atoms in total. The second-order valence-corrected chi connectivity index (χ2v) is 7.46. The number of hydrogen-bond donors (Lipinski definition) is 2. The van der Waals surface area contributed by atoms with E-state index in [1.165, 1.54) is 5.56 Å². The highest BCUT2D eigenvalue weighted by Gasteiger charge is 2.15. The molecule has 2 heterocycles. The minimum Gasteiger partial charge on any atom is -0.497 e. The van der Waals surface area contributed by atoms with Crippen molar-refractivity contribution in [3.05, 3.63) is 60.4 Å². The van der Waals surface area contributed by atoms with Crippen LogP contribution in [-0.2, 0) is 6.42 Å². The lowest BCUT2D eigenvalue weighted by atomic mass is 10.1. The van der Waals surface area contributed by atoms with Gasteiger partial charge in [-0.1, -0.05) is 24.3 Å². The Morgan fingerprint density at radius 3 is 2.60 bits per heavy atom. The van der Waals surface area contributed by atoms with Crippen molar-refractivity contribution in [2.75, 3.05) is 24.7 Å². The molecule has 2 aromatic heterocycles. The Kier molecular flexibility index (Phi) is 5.52. The lowest BCUT2D eigenvalue weighted by Crippen LogP contribution is -2.09. The van der Waals surface area contributed by atoms with Crippen LogP contribution in [0.3, 0.4) is 0 Å². The van der Waals surface area contributed by atoms with Crippen LogP contribution in [0.15, 0.2) is 54.9 Å².